The molecule has 0 aliphatic carbocycles. The van der Waals surface area contributed by atoms with Crippen molar-refractivity contribution in [3.05, 3.63) is 65.7 Å². The Morgan fingerprint density at radius 3 is 2.67 bits per heavy atom. The van der Waals surface area contributed by atoms with Crippen molar-refractivity contribution < 1.29 is 13.2 Å². The smallest absolute Gasteiger partial charge is 0.229 e. The van der Waals surface area contributed by atoms with Crippen LogP contribution in [0.1, 0.15) is 12.0 Å². The van der Waals surface area contributed by atoms with Crippen molar-refractivity contribution >= 4 is 49.0 Å². The Labute approximate surface area is 178 Å². The molecule has 0 radical (unpaired) electrons. The van der Waals surface area contributed by atoms with Gasteiger partial charge in [-0.25, -0.2) is 13.4 Å². The zero-order chi connectivity index (χ0) is 21.1. The highest BCUT2D eigenvalue weighted by Crippen LogP contribution is 2.26. The Bertz CT molecular complexity index is 1290. The molecule has 0 aliphatic heterocycles. The maximum atomic E-state index is 12.3. The Kier molecular flexibility index (Phi) is 5.56. The van der Waals surface area contributed by atoms with E-state index in [1.807, 2.05) is 35.8 Å². The van der Waals surface area contributed by atoms with Crippen LogP contribution < -0.4 is 10.0 Å². The maximum Gasteiger partial charge on any atom is 0.229 e. The van der Waals surface area contributed by atoms with Gasteiger partial charge in [0, 0.05) is 40.2 Å². The lowest BCUT2D eigenvalue weighted by molar-refractivity contribution is -0.116. The van der Waals surface area contributed by atoms with Crippen LogP contribution in [0.2, 0.25) is 0 Å². The van der Waals surface area contributed by atoms with E-state index in [0.29, 0.717) is 23.7 Å². The molecule has 0 unspecified atom stereocenters. The van der Waals surface area contributed by atoms with Crippen LogP contribution in [0.25, 0.3) is 22.2 Å². The number of benzene rings is 2. The number of nitrogens with zero attached hydrogens (tertiary/aromatic N) is 1. The zero-order valence-electron chi connectivity index (χ0n) is 16.2. The van der Waals surface area contributed by atoms with Crippen molar-refractivity contribution in [2.24, 2.45) is 0 Å². The standard InChI is InChI=1S/C21H20N4O3S2/c1-30(27,28)25-16-9-6-14(7-10-16)19-13-29-21(23-19)24-20(26)11-8-15-12-22-18-5-3-2-4-17(15)18/h2-7,9-10,12-13,22,25H,8,11H2,1H3,(H,23,24,26). The maximum absolute atomic E-state index is 12.3. The van der Waals surface area contributed by atoms with Gasteiger partial charge < -0.3 is 10.3 Å². The lowest BCUT2D eigenvalue weighted by Crippen LogP contribution is -2.12. The van der Waals surface area contributed by atoms with E-state index in [2.05, 4.69) is 20.0 Å². The molecule has 2 aromatic heterocycles. The summed E-state index contributed by atoms with van der Waals surface area (Å²) in [5.41, 5.74) is 4.23. The normalized spacial score (nSPS) is 11.5. The molecule has 4 rings (SSSR count). The van der Waals surface area contributed by atoms with Gasteiger partial charge in [-0.05, 0) is 30.2 Å². The minimum atomic E-state index is -3.31. The second kappa shape index (κ2) is 8.29. The summed E-state index contributed by atoms with van der Waals surface area (Å²) in [6.07, 6.45) is 4.06. The zero-order valence-corrected chi connectivity index (χ0v) is 17.8. The molecule has 0 aliphatic rings. The second-order valence-electron chi connectivity index (χ2n) is 6.90. The topological polar surface area (TPSA) is 104 Å². The fourth-order valence-corrected chi connectivity index (χ4v) is 4.46. The van der Waals surface area contributed by atoms with Gasteiger partial charge in [0.15, 0.2) is 5.13 Å². The third-order valence-corrected chi connectivity index (χ3v) is 5.89. The molecule has 2 heterocycles. The number of sulfonamides is 1. The van der Waals surface area contributed by atoms with E-state index in [-0.39, 0.29) is 5.91 Å². The summed E-state index contributed by atoms with van der Waals surface area (Å²) in [5, 5.41) is 6.38. The third-order valence-electron chi connectivity index (χ3n) is 4.53. The number of thiazole rings is 1. The van der Waals surface area contributed by atoms with Crippen molar-refractivity contribution in [2.75, 3.05) is 16.3 Å². The summed E-state index contributed by atoms with van der Waals surface area (Å²) in [4.78, 5) is 20.0. The van der Waals surface area contributed by atoms with Crippen molar-refractivity contribution in [2.45, 2.75) is 12.8 Å². The van der Waals surface area contributed by atoms with E-state index >= 15 is 0 Å². The number of amides is 1. The van der Waals surface area contributed by atoms with E-state index in [1.54, 1.807) is 24.3 Å². The van der Waals surface area contributed by atoms with Gasteiger partial charge in [0.1, 0.15) is 0 Å². The molecule has 2 aromatic carbocycles. The van der Waals surface area contributed by atoms with Gasteiger partial charge in [-0.15, -0.1) is 11.3 Å². The number of nitrogens with one attached hydrogen (secondary N) is 3. The number of carbonyl (C=O) groups is 1. The fourth-order valence-electron chi connectivity index (χ4n) is 3.16. The highest BCUT2D eigenvalue weighted by atomic mass is 32.2. The Hall–Kier alpha value is -3.17. The monoisotopic (exact) mass is 440 g/mol. The summed E-state index contributed by atoms with van der Waals surface area (Å²) in [7, 11) is -3.31. The average Bonchev–Trinajstić information content (AvgIpc) is 3.33. The number of hydrogen-bond acceptors (Lipinski definition) is 5. The number of rotatable bonds is 7. The van der Waals surface area contributed by atoms with Gasteiger partial charge in [-0.1, -0.05) is 30.3 Å². The number of aromatic nitrogens is 2. The highest BCUT2D eigenvalue weighted by molar-refractivity contribution is 7.92. The predicted octanol–water partition coefficient (Wildman–Crippen LogP) is 4.23. The first kappa shape index (κ1) is 20.1. The van der Waals surface area contributed by atoms with Crippen molar-refractivity contribution in [3.8, 4) is 11.3 Å². The molecular formula is C21H20N4O3S2. The average molecular weight is 441 g/mol. The SMILES string of the molecule is CS(=O)(=O)Nc1ccc(-c2csc(NC(=O)CCc3c[nH]c4ccccc34)n2)cc1. The molecule has 3 N–H and O–H groups in total. The number of anilines is 2. The van der Waals surface area contributed by atoms with E-state index < -0.39 is 10.0 Å². The first-order valence-electron chi connectivity index (χ1n) is 9.26. The van der Waals surface area contributed by atoms with Gasteiger partial charge in [0.2, 0.25) is 15.9 Å². The molecule has 0 fully saturated rings. The molecule has 9 heteroatoms. The number of aromatic amines is 1. The quantitative estimate of drug-likeness (QED) is 0.400. The Balaban J connectivity index is 1.36. The minimum Gasteiger partial charge on any atom is -0.361 e. The van der Waals surface area contributed by atoms with Gasteiger partial charge in [-0.2, -0.15) is 0 Å². The number of carbonyl (C=O) groups excluding carboxylic acids is 1. The number of H-pyrrole nitrogens is 1. The molecule has 30 heavy (non-hydrogen) atoms. The number of aryl methyl sites for hydroxylation is 1. The molecule has 0 saturated heterocycles. The largest absolute Gasteiger partial charge is 0.361 e. The van der Waals surface area contributed by atoms with E-state index in [0.717, 1.165) is 34.0 Å². The first-order chi connectivity index (χ1) is 14.4. The first-order valence-corrected chi connectivity index (χ1v) is 12.0. The van der Waals surface area contributed by atoms with Crippen LogP contribution in [0.4, 0.5) is 10.8 Å². The second-order valence-corrected chi connectivity index (χ2v) is 9.50. The molecule has 0 atom stereocenters. The van der Waals surface area contributed by atoms with Gasteiger partial charge in [-0.3, -0.25) is 9.52 Å². The predicted molar refractivity (Wildman–Crippen MR) is 121 cm³/mol. The summed E-state index contributed by atoms with van der Waals surface area (Å²) < 4.78 is 25.0. The summed E-state index contributed by atoms with van der Waals surface area (Å²) in [6, 6.07) is 14.9. The van der Waals surface area contributed by atoms with E-state index in [1.165, 1.54) is 11.3 Å². The Morgan fingerprint density at radius 2 is 1.90 bits per heavy atom. The molecular weight excluding hydrogens is 420 g/mol. The molecule has 0 spiro atoms. The highest BCUT2D eigenvalue weighted by Gasteiger charge is 2.10. The number of para-hydroxylation sites is 1. The van der Waals surface area contributed by atoms with Gasteiger partial charge >= 0.3 is 0 Å². The van der Waals surface area contributed by atoms with Crippen LogP contribution in [0.5, 0.6) is 0 Å². The van der Waals surface area contributed by atoms with Crippen LogP contribution >= 0.6 is 11.3 Å². The van der Waals surface area contributed by atoms with Crippen LogP contribution in [0, 0.1) is 0 Å². The Morgan fingerprint density at radius 1 is 1.13 bits per heavy atom. The lowest BCUT2D eigenvalue weighted by atomic mass is 10.1. The number of fused-ring (bicyclic) bond motifs is 1. The van der Waals surface area contributed by atoms with Crippen molar-refractivity contribution in [1.29, 1.82) is 0 Å². The summed E-state index contributed by atoms with van der Waals surface area (Å²) >= 11 is 1.35. The fraction of sp³-hybridized carbons (Fsp3) is 0.143. The summed E-state index contributed by atoms with van der Waals surface area (Å²) in [6.45, 7) is 0. The van der Waals surface area contributed by atoms with Crippen LogP contribution in [-0.2, 0) is 21.2 Å². The molecule has 4 aromatic rings. The van der Waals surface area contributed by atoms with Gasteiger partial charge in [0.05, 0.1) is 11.9 Å². The van der Waals surface area contributed by atoms with E-state index in [9.17, 15) is 13.2 Å². The van der Waals surface area contributed by atoms with Gasteiger partial charge in [0.25, 0.3) is 0 Å². The molecule has 0 bridgehead atoms. The molecule has 0 saturated carbocycles. The van der Waals surface area contributed by atoms with Crippen LogP contribution in [0.3, 0.4) is 0 Å². The third kappa shape index (κ3) is 4.87. The number of hydrogen-bond donors (Lipinski definition) is 3. The lowest BCUT2D eigenvalue weighted by Gasteiger charge is -2.04. The van der Waals surface area contributed by atoms with Crippen LogP contribution in [0.15, 0.2) is 60.1 Å². The molecule has 7 nitrogen and oxygen atoms in total. The molecule has 1 amide bonds. The van der Waals surface area contributed by atoms with E-state index in [4.69, 9.17) is 0 Å². The minimum absolute atomic E-state index is 0.0890. The summed E-state index contributed by atoms with van der Waals surface area (Å²) in [5.74, 6) is -0.0890. The van der Waals surface area contributed by atoms with Crippen LogP contribution in [-0.4, -0.2) is 30.5 Å². The van der Waals surface area contributed by atoms with Crippen molar-refractivity contribution in [1.82, 2.24) is 9.97 Å². The molecule has 154 valence electrons. The van der Waals surface area contributed by atoms with Crippen molar-refractivity contribution in [3.63, 3.8) is 0 Å².